The van der Waals surface area contributed by atoms with Gasteiger partial charge in [-0.2, -0.15) is 0 Å². The zero-order chi connectivity index (χ0) is 18.7. The van der Waals surface area contributed by atoms with Crippen molar-refractivity contribution in [1.29, 1.82) is 0 Å². The van der Waals surface area contributed by atoms with Crippen LogP contribution in [0.4, 0.5) is 5.69 Å². The van der Waals surface area contributed by atoms with Gasteiger partial charge in [0.1, 0.15) is 5.69 Å². The van der Waals surface area contributed by atoms with E-state index in [0.717, 1.165) is 25.9 Å². The molecule has 7 heteroatoms. The first-order chi connectivity index (χ1) is 12.5. The van der Waals surface area contributed by atoms with E-state index in [2.05, 4.69) is 17.2 Å². The SMILES string of the molecule is CC1CCN(C(=O)c2ccnc(C(=O)Nc3c(Cl)cccc3Cl)c2)CC1. The first-order valence-electron chi connectivity index (χ1n) is 8.46. The summed E-state index contributed by atoms with van der Waals surface area (Å²) in [4.78, 5) is 31.1. The van der Waals surface area contributed by atoms with Crippen LogP contribution in [0.5, 0.6) is 0 Å². The summed E-state index contributed by atoms with van der Waals surface area (Å²) in [5.74, 6) is 0.0873. The molecule has 136 valence electrons. The molecule has 1 aliphatic heterocycles. The van der Waals surface area contributed by atoms with E-state index in [9.17, 15) is 9.59 Å². The second kappa shape index (κ2) is 8.06. The predicted octanol–water partition coefficient (Wildman–Crippen LogP) is 4.51. The molecule has 2 amide bonds. The molecule has 2 aromatic rings. The maximum absolute atomic E-state index is 12.7. The second-order valence-corrected chi connectivity index (χ2v) is 7.27. The molecule has 1 fully saturated rings. The normalized spacial score (nSPS) is 15.0. The van der Waals surface area contributed by atoms with Gasteiger partial charge in [-0.15, -0.1) is 0 Å². The lowest BCUT2D eigenvalue weighted by molar-refractivity contribution is 0.0697. The summed E-state index contributed by atoms with van der Waals surface area (Å²) in [6, 6.07) is 8.08. The van der Waals surface area contributed by atoms with Crippen molar-refractivity contribution >= 4 is 40.7 Å². The minimum atomic E-state index is -0.470. The number of para-hydroxylation sites is 1. The Morgan fingerprint density at radius 2 is 1.81 bits per heavy atom. The molecule has 0 unspecified atom stereocenters. The Bertz CT molecular complexity index is 813. The summed E-state index contributed by atoms with van der Waals surface area (Å²) in [7, 11) is 0. The number of nitrogens with one attached hydrogen (secondary N) is 1. The first kappa shape index (κ1) is 18.7. The van der Waals surface area contributed by atoms with Crippen molar-refractivity contribution in [2.24, 2.45) is 5.92 Å². The summed E-state index contributed by atoms with van der Waals surface area (Å²) in [5, 5.41) is 3.32. The number of likely N-dealkylation sites (tertiary alicyclic amines) is 1. The van der Waals surface area contributed by atoms with E-state index in [-0.39, 0.29) is 11.6 Å². The number of nitrogens with zero attached hydrogens (tertiary/aromatic N) is 2. The van der Waals surface area contributed by atoms with E-state index < -0.39 is 5.91 Å². The van der Waals surface area contributed by atoms with Gasteiger partial charge in [0, 0.05) is 24.8 Å². The Balaban J connectivity index is 1.76. The molecule has 1 aliphatic rings. The summed E-state index contributed by atoms with van der Waals surface area (Å²) in [6.07, 6.45) is 3.45. The molecule has 0 atom stereocenters. The van der Waals surface area contributed by atoms with Gasteiger partial charge in [-0.25, -0.2) is 0 Å². The average molecular weight is 392 g/mol. The van der Waals surface area contributed by atoms with Gasteiger partial charge in [0.15, 0.2) is 0 Å². The van der Waals surface area contributed by atoms with Gasteiger partial charge < -0.3 is 10.2 Å². The number of halogens is 2. The van der Waals surface area contributed by atoms with Crippen LogP contribution >= 0.6 is 23.2 Å². The Morgan fingerprint density at radius 1 is 1.15 bits per heavy atom. The third kappa shape index (κ3) is 4.17. The highest BCUT2D eigenvalue weighted by molar-refractivity contribution is 6.40. The molecule has 26 heavy (non-hydrogen) atoms. The molecule has 0 bridgehead atoms. The Labute approximate surface area is 162 Å². The van der Waals surface area contributed by atoms with Crippen LogP contribution in [0.2, 0.25) is 10.0 Å². The lowest BCUT2D eigenvalue weighted by Gasteiger charge is -2.30. The van der Waals surface area contributed by atoms with E-state index in [1.165, 1.54) is 12.3 Å². The number of hydrogen-bond acceptors (Lipinski definition) is 3. The number of piperidine rings is 1. The Kier molecular flexibility index (Phi) is 5.79. The van der Waals surface area contributed by atoms with Crippen LogP contribution in [0.1, 0.15) is 40.6 Å². The topological polar surface area (TPSA) is 62.3 Å². The number of benzene rings is 1. The standard InChI is InChI=1S/C19H19Cl2N3O2/c1-12-6-9-24(10-7-12)19(26)13-5-8-22-16(11-13)18(25)23-17-14(20)3-2-4-15(17)21/h2-5,8,11-12H,6-7,9-10H2,1H3,(H,23,25). The predicted molar refractivity (Wildman–Crippen MR) is 103 cm³/mol. The van der Waals surface area contributed by atoms with Crippen molar-refractivity contribution in [1.82, 2.24) is 9.88 Å². The minimum Gasteiger partial charge on any atom is -0.339 e. The van der Waals surface area contributed by atoms with Crippen LogP contribution in [0, 0.1) is 5.92 Å². The van der Waals surface area contributed by atoms with Crippen molar-refractivity contribution in [3.63, 3.8) is 0 Å². The van der Waals surface area contributed by atoms with E-state index in [1.54, 1.807) is 24.3 Å². The summed E-state index contributed by atoms with van der Waals surface area (Å²) in [5.41, 5.74) is 0.909. The van der Waals surface area contributed by atoms with Gasteiger partial charge in [-0.3, -0.25) is 14.6 Å². The van der Waals surface area contributed by atoms with Crippen LogP contribution in [-0.4, -0.2) is 34.8 Å². The minimum absolute atomic E-state index is 0.0795. The Morgan fingerprint density at radius 3 is 2.46 bits per heavy atom. The van der Waals surface area contributed by atoms with Gasteiger partial charge >= 0.3 is 0 Å². The third-order valence-electron chi connectivity index (χ3n) is 4.51. The molecule has 1 saturated heterocycles. The van der Waals surface area contributed by atoms with Gasteiger partial charge in [-0.1, -0.05) is 36.2 Å². The van der Waals surface area contributed by atoms with Crippen LogP contribution in [-0.2, 0) is 0 Å². The number of anilines is 1. The van der Waals surface area contributed by atoms with Crippen LogP contribution < -0.4 is 5.32 Å². The smallest absolute Gasteiger partial charge is 0.274 e. The lowest BCUT2D eigenvalue weighted by Crippen LogP contribution is -2.38. The zero-order valence-electron chi connectivity index (χ0n) is 14.3. The molecule has 0 aliphatic carbocycles. The molecular formula is C19H19Cl2N3O2. The van der Waals surface area contributed by atoms with Gasteiger partial charge in [0.2, 0.25) is 0 Å². The second-order valence-electron chi connectivity index (χ2n) is 6.46. The maximum atomic E-state index is 12.7. The number of rotatable bonds is 3. The fraction of sp³-hybridized carbons (Fsp3) is 0.316. The van der Waals surface area contributed by atoms with Crippen LogP contribution in [0.15, 0.2) is 36.5 Å². The van der Waals surface area contributed by atoms with E-state index >= 15 is 0 Å². The van der Waals surface area contributed by atoms with Gasteiger partial charge in [-0.05, 0) is 43.0 Å². The number of amides is 2. The van der Waals surface area contributed by atoms with Crippen LogP contribution in [0.25, 0.3) is 0 Å². The summed E-state index contributed by atoms with van der Waals surface area (Å²) < 4.78 is 0. The zero-order valence-corrected chi connectivity index (χ0v) is 15.8. The van der Waals surface area contributed by atoms with Crippen molar-refractivity contribution in [2.75, 3.05) is 18.4 Å². The lowest BCUT2D eigenvalue weighted by atomic mass is 9.98. The monoisotopic (exact) mass is 391 g/mol. The number of aromatic nitrogens is 1. The molecule has 2 heterocycles. The fourth-order valence-electron chi connectivity index (χ4n) is 2.88. The first-order valence-corrected chi connectivity index (χ1v) is 9.22. The molecule has 1 N–H and O–H groups in total. The van der Waals surface area contributed by atoms with Crippen molar-refractivity contribution in [3.05, 3.63) is 57.8 Å². The highest BCUT2D eigenvalue weighted by Gasteiger charge is 2.22. The van der Waals surface area contributed by atoms with Crippen molar-refractivity contribution in [2.45, 2.75) is 19.8 Å². The van der Waals surface area contributed by atoms with Crippen molar-refractivity contribution < 1.29 is 9.59 Å². The highest BCUT2D eigenvalue weighted by atomic mass is 35.5. The maximum Gasteiger partial charge on any atom is 0.274 e. The summed E-state index contributed by atoms with van der Waals surface area (Å²) in [6.45, 7) is 3.66. The number of pyridine rings is 1. The average Bonchev–Trinajstić information content (AvgIpc) is 2.65. The summed E-state index contributed by atoms with van der Waals surface area (Å²) >= 11 is 12.2. The number of carbonyl (C=O) groups excluding carboxylic acids is 2. The van der Waals surface area contributed by atoms with Crippen molar-refractivity contribution in [3.8, 4) is 0 Å². The van der Waals surface area contributed by atoms with E-state index in [0.29, 0.717) is 27.2 Å². The molecule has 5 nitrogen and oxygen atoms in total. The molecular weight excluding hydrogens is 373 g/mol. The molecule has 1 aromatic carbocycles. The van der Waals surface area contributed by atoms with E-state index in [1.807, 2.05) is 4.90 Å². The molecule has 1 aromatic heterocycles. The third-order valence-corrected chi connectivity index (χ3v) is 5.14. The molecule has 0 saturated carbocycles. The molecule has 0 radical (unpaired) electrons. The molecule has 0 spiro atoms. The number of carbonyl (C=O) groups is 2. The molecule has 3 rings (SSSR count). The largest absolute Gasteiger partial charge is 0.339 e. The van der Waals surface area contributed by atoms with E-state index in [4.69, 9.17) is 23.2 Å². The fourth-order valence-corrected chi connectivity index (χ4v) is 3.37. The Hall–Kier alpha value is -2.11. The van der Waals surface area contributed by atoms with Gasteiger partial charge in [0.05, 0.1) is 15.7 Å². The highest BCUT2D eigenvalue weighted by Crippen LogP contribution is 2.30. The van der Waals surface area contributed by atoms with Gasteiger partial charge in [0.25, 0.3) is 11.8 Å². The van der Waals surface area contributed by atoms with Crippen LogP contribution in [0.3, 0.4) is 0 Å². The quantitative estimate of drug-likeness (QED) is 0.836. The number of hydrogen-bond donors (Lipinski definition) is 1.